The van der Waals surface area contributed by atoms with Crippen molar-refractivity contribution in [2.45, 2.75) is 19.3 Å². The van der Waals surface area contributed by atoms with Crippen LogP contribution in [0.4, 0.5) is 0 Å². The van der Waals surface area contributed by atoms with E-state index in [1.165, 1.54) is 11.1 Å². The molecule has 0 saturated carbocycles. The van der Waals surface area contributed by atoms with Crippen LogP contribution in [0.15, 0.2) is 24.3 Å². The lowest BCUT2D eigenvalue weighted by atomic mass is 9.81. The second-order valence-corrected chi connectivity index (χ2v) is 4.45. The Morgan fingerprint density at radius 2 is 2.07 bits per heavy atom. The summed E-state index contributed by atoms with van der Waals surface area (Å²) in [5.74, 6) is 0.901. The summed E-state index contributed by atoms with van der Waals surface area (Å²) in [6.07, 6.45) is 1.13. The maximum Gasteiger partial charge on any atom is 0.0477 e. The third-order valence-electron chi connectivity index (χ3n) is 3.35. The highest BCUT2D eigenvalue weighted by atomic mass is 16.3. The van der Waals surface area contributed by atoms with Crippen LogP contribution >= 0.6 is 0 Å². The van der Waals surface area contributed by atoms with Gasteiger partial charge in [-0.05, 0) is 31.4 Å². The van der Waals surface area contributed by atoms with E-state index in [2.05, 4.69) is 36.5 Å². The lowest BCUT2D eigenvalue weighted by Crippen LogP contribution is -2.37. The SMILES string of the molecule is Cc1ccc([C@@H]2CCNC[C@H]2CO)cc1. The summed E-state index contributed by atoms with van der Waals surface area (Å²) in [5.41, 5.74) is 2.68. The highest BCUT2D eigenvalue weighted by molar-refractivity contribution is 5.25. The van der Waals surface area contributed by atoms with E-state index in [1.54, 1.807) is 0 Å². The summed E-state index contributed by atoms with van der Waals surface area (Å²) < 4.78 is 0. The van der Waals surface area contributed by atoms with Crippen molar-refractivity contribution in [3.05, 3.63) is 35.4 Å². The van der Waals surface area contributed by atoms with Crippen LogP contribution in [-0.2, 0) is 0 Å². The molecule has 1 aromatic rings. The number of aliphatic hydroxyl groups is 1. The topological polar surface area (TPSA) is 32.3 Å². The van der Waals surface area contributed by atoms with Gasteiger partial charge in [0.25, 0.3) is 0 Å². The van der Waals surface area contributed by atoms with Gasteiger partial charge in [-0.25, -0.2) is 0 Å². The van der Waals surface area contributed by atoms with Gasteiger partial charge in [0.15, 0.2) is 0 Å². The fraction of sp³-hybridized carbons (Fsp3) is 0.538. The summed E-state index contributed by atoms with van der Waals surface area (Å²) in [5, 5.41) is 12.7. The van der Waals surface area contributed by atoms with E-state index >= 15 is 0 Å². The van der Waals surface area contributed by atoms with Gasteiger partial charge >= 0.3 is 0 Å². The van der Waals surface area contributed by atoms with E-state index in [0.717, 1.165) is 19.5 Å². The smallest absolute Gasteiger partial charge is 0.0477 e. The Balaban J connectivity index is 2.16. The van der Waals surface area contributed by atoms with Crippen molar-refractivity contribution in [2.24, 2.45) is 5.92 Å². The van der Waals surface area contributed by atoms with Crippen LogP contribution in [-0.4, -0.2) is 24.8 Å². The van der Waals surface area contributed by atoms with Gasteiger partial charge in [-0.3, -0.25) is 0 Å². The lowest BCUT2D eigenvalue weighted by molar-refractivity contribution is 0.179. The molecule has 0 spiro atoms. The minimum atomic E-state index is 0.283. The predicted molar refractivity (Wildman–Crippen MR) is 62.0 cm³/mol. The Morgan fingerprint density at radius 1 is 1.33 bits per heavy atom. The molecule has 0 radical (unpaired) electrons. The maximum absolute atomic E-state index is 9.34. The number of nitrogens with one attached hydrogen (secondary N) is 1. The van der Waals surface area contributed by atoms with Gasteiger partial charge in [-0.2, -0.15) is 0 Å². The molecule has 0 aromatic heterocycles. The molecule has 0 amide bonds. The molecule has 1 aliphatic heterocycles. The lowest BCUT2D eigenvalue weighted by Gasteiger charge is -2.31. The number of piperidine rings is 1. The average molecular weight is 205 g/mol. The fourth-order valence-corrected chi connectivity index (χ4v) is 2.37. The highest BCUT2D eigenvalue weighted by Crippen LogP contribution is 2.29. The molecule has 2 nitrogen and oxygen atoms in total. The van der Waals surface area contributed by atoms with Crippen LogP contribution < -0.4 is 5.32 Å². The Bertz CT molecular complexity index is 307. The Kier molecular flexibility index (Phi) is 3.39. The van der Waals surface area contributed by atoms with Gasteiger partial charge < -0.3 is 10.4 Å². The minimum absolute atomic E-state index is 0.283. The van der Waals surface area contributed by atoms with Gasteiger partial charge in [-0.1, -0.05) is 29.8 Å². The fourth-order valence-electron chi connectivity index (χ4n) is 2.37. The normalized spacial score (nSPS) is 26.5. The molecule has 2 heteroatoms. The zero-order chi connectivity index (χ0) is 10.7. The van der Waals surface area contributed by atoms with Gasteiger partial charge in [0, 0.05) is 19.1 Å². The standard InChI is InChI=1S/C13H19NO/c1-10-2-4-11(5-3-10)13-6-7-14-8-12(13)9-15/h2-5,12-15H,6-9H2,1H3/t12-,13-/m0/s1. The number of hydrogen-bond donors (Lipinski definition) is 2. The molecule has 1 aliphatic rings. The molecule has 2 rings (SSSR count). The maximum atomic E-state index is 9.34. The first-order valence-corrected chi connectivity index (χ1v) is 5.69. The van der Waals surface area contributed by atoms with Gasteiger partial charge in [0.2, 0.25) is 0 Å². The van der Waals surface area contributed by atoms with Crippen molar-refractivity contribution in [1.82, 2.24) is 5.32 Å². The first kappa shape index (κ1) is 10.7. The van der Waals surface area contributed by atoms with E-state index < -0.39 is 0 Å². The molecule has 1 aromatic carbocycles. The van der Waals surface area contributed by atoms with Crippen molar-refractivity contribution in [3.8, 4) is 0 Å². The second-order valence-electron chi connectivity index (χ2n) is 4.45. The van der Waals surface area contributed by atoms with Crippen LogP contribution in [0.1, 0.15) is 23.5 Å². The second kappa shape index (κ2) is 4.77. The van der Waals surface area contributed by atoms with Crippen molar-refractivity contribution in [3.63, 3.8) is 0 Å². The van der Waals surface area contributed by atoms with Gasteiger partial charge in [-0.15, -0.1) is 0 Å². The highest BCUT2D eigenvalue weighted by Gasteiger charge is 2.25. The van der Waals surface area contributed by atoms with Gasteiger partial charge in [0.1, 0.15) is 0 Å². The molecule has 1 fully saturated rings. The zero-order valence-electron chi connectivity index (χ0n) is 9.24. The van der Waals surface area contributed by atoms with Crippen molar-refractivity contribution in [2.75, 3.05) is 19.7 Å². The van der Waals surface area contributed by atoms with E-state index in [9.17, 15) is 5.11 Å². The number of aryl methyl sites for hydroxylation is 1. The number of hydrogen-bond acceptors (Lipinski definition) is 2. The molecule has 15 heavy (non-hydrogen) atoms. The van der Waals surface area contributed by atoms with Crippen molar-refractivity contribution in [1.29, 1.82) is 0 Å². The molecule has 0 bridgehead atoms. The van der Waals surface area contributed by atoms with Crippen LogP contribution in [0.2, 0.25) is 0 Å². The summed E-state index contributed by atoms with van der Waals surface area (Å²) >= 11 is 0. The summed E-state index contributed by atoms with van der Waals surface area (Å²) in [4.78, 5) is 0. The molecule has 2 atom stereocenters. The monoisotopic (exact) mass is 205 g/mol. The predicted octanol–water partition coefficient (Wildman–Crippen LogP) is 1.68. The van der Waals surface area contributed by atoms with E-state index in [4.69, 9.17) is 0 Å². The molecule has 0 unspecified atom stereocenters. The third kappa shape index (κ3) is 2.39. The number of benzene rings is 1. The van der Waals surface area contributed by atoms with Crippen LogP contribution in [0.5, 0.6) is 0 Å². The molecule has 0 aliphatic carbocycles. The van der Waals surface area contributed by atoms with E-state index in [0.29, 0.717) is 11.8 Å². The Hall–Kier alpha value is -0.860. The van der Waals surface area contributed by atoms with Crippen LogP contribution in [0.25, 0.3) is 0 Å². The summed E-state index contributed by atoms with van der Waals surface area (Å²) in [6.45, 7) is 4.39. The largest absolute Gasteiger partial charge is 0.396 e. The van der Waals surface area contributed by atoms with Crippen LogP contribution in [0.3, 0.4) is 0 Å². The van der Waals surface area contributed by atoms with Gasteiger partial charge in [0.05, 0.1) is 0 Å². The zero-order valence-corrected chi connectivity index (χ0v) is 9.24. The minimum Gasteiger partial charge on any atom is -0.396 e. The first-order valence-electron chi connectivity index (χ1n) is 5.69. The Morgan fingerprint density at radius 3 is 2.73 bits per heavy atom. The third-order valence-corrected chi connectivity index (χ3v) is 3.35. The van der Waals surface area contributed by atoms with Crippen molar-refractivity contribution >= 4 is 0 Å². The first-order chi connectivity index (χ1) is 7.31. The molecule has 2 N–H and O–H groups in total. The quantitative estimate of drug-likeness (QED) is 0.770. The molecule has 1 heterocycles. The number of rotatable bonds is 2. The molecule has 1 saturated heterocycles. The van der Waals surface area contributed by atoms with Crippen LogP contribution in [0, 0.1) is 12.8 Å². The number of aliphatic hydroxyl groups excluding tert-OH is 1. The van der Waals surface area contributed by atoms with Crippen molar-refractivity contribution < 1.29 is 5.11 Å². The Labute approximate surface area is 91.3 Å². The summed E-state index contributed by atoms with van der Waals surface area (Å²) in [7, 11) is 0. The van der Waals surface area contributed by atoms with E-state index in [-0.39, 0.29) is 6.61 Å². The average Bonchev–Trinajstić information content (AvgIpc) is 2.30. The molecular formula is C13H19NO. The summed E-state index contributed by atoms with van der Waals surface area (Å²) in [6, 6.07) is 8.72. The molecule has 82 valence electrons. The van der Waals surface area contributed by atoms with E-state index in [1.807, 2.05) is 0 Å². The molecular weight excluding hydrogens is 186 g/mol.